The quantitative estimate of drug-likeness (QED) is 0.453. The van der Waals surface area contributed by atoms with Crippen LogP contribution in [0.5, 0.6) is 0 Å². The van der Waals surface area contributed by atoms with Crippen molar-refractivity contribution in [3.05, 3.63) is 0 Å². The highest BCUT2D eigenvalue weighted by Crippen LogP contribution is 2.05. The van der Waals surface area contributed by atoms with Crippen molar-refractivity contribution in [1.29, 1.82) is 0 Å². The molecule has 0 saturated heterocycles. The average molecular weight is 120 g/mol. The topological polar surface area (TPSA) is 60.7 Å². The van der Waals surface area contributed by atoms with Crippen molar-refractivity contribution in [2.45, 2.75) is 18.9 Å². The van der Waals surface area contributed by atoms with E-state index in [1.165, 1.54) is 6.92 Å². The largest absolute Gasteiger partial charge is 0.396 e. The average Bonchev–Trinajstić information content (AvgIpc) is 1.67. The van der Waals surface area contributed by atoms with Gasteiger partial charge in [0.2, 0.25) is 0 Å². The summed E-state index contributed by atoms with van der Waals surface area (Å²) in [6, 6.07) is 0. The van der Waals surface area contributed by atoms with E-state index in [1.54, 1.807) is 0 Å². The lowest BCUT2D eigenvalue weighted by atomic mass is 10.1. The van der Waals surface area contributed by atoms with Gasteiger partial charge >= 0.3 is 0 Å². The van der Waals surface area contributed by atoms with Crippen LogP contribution in [0.3, 0.4) is 0 Å². The van der Waals surface area contributed by atoms with Crippen LogP contribution in [-0.2, 0) is 0 Å². The van der Waals surface area contributed by atoms with Gasteiger partial charge in [-0.05, 0) is 6.92 Å². The molecule has 0 aliphatic rings. The lowest BCUT2D eigenvalue weighted by Gasteiger charge is -2.17. The molecule has 3 N–H and O–H groups in total. The Kier molecular flexibility index (Phi) is 2.97. The summed E-state index contributed by atoms with van der Waals surface area (Å²) in [5.74, 6) is 0. The van der Waals surface area contributed by atoms with Crippen molar-refractivity contribution in [2.75, 3.05) is 13.2 Å². The molecule has 0 aromatic rings. The van der Waals surface area contributed by atoms with E-state index in [0.717, 1.165) is 0 Å². The van der Waals surface area contributed by atoms with Crippen LogP contribution >= 0.6 is 0 Å². The second-order valence-corrected chi connectivity index (χ2v) is 2.13. The van der Waals surface area contributed by atoms with Crippen LogP contribution in [0.2, 0.25) is 0 Å². The molecule has 0 radical (unpaired) electrons. The standard InChI is InChI=1S/C5H12O3/c1-5(8,4-7)2-3-6/h6-8H,2-4H2,1H3/t5-/m0/s1. The third-order valence-corrected chi connectivity index (χ3v) is 0.991. The van der Waals surface area contributed by atoms with Crippen molar-refractivity contribution in [1.82, 2.24) is 0 Å². The summed E-state index contributed by atoms with van der Waals surface area (Å²) >= 11 is 0. The summed E-state index contributed by atoms with van der Waals surface area (Å²) in [5.41, 5.74) is -1.10. The molecule has 3 nitrogen and oxygen atoms in total. The van der Waals surface area contributed by atoms with Crippen molar-refractivity contribution in [3.63, 3.8) is 0 Å². The van der Waals surface area contributed by atoms with E-state index in [2.05, 4.69) is 0 Å². The van der Waals surface area contributed by atoms with Gasteiger partial charge < -0.3 is 15.3 Å². The minimum absolute atomic E-state index is 0.0897. The van der Waals surface area contributed by atoms with E-state index in [0.29, 0.717) is 0 Å². The first-order chi connectivity index (χ1) is 3.62. The third-order valence-electron chi connectivity index (χ3n) is 0.991. The molecule has 3 heteroatoms. The van der Waals surface area contributed by atoms with Crippen LogP contribution < -0.4 is 0 Å². The van der Waals surface area contributed by atoms with E-state index in [4.69, 9.17) is 15.3 Å². The molecule has 0 fully saturated rings. The van der Waals surface area contributed by atoms with Gasteiger partial charge in [0.25, 0.3) is 0 Å². The molecule has 0 bridgehead atoms. The predicted octanol–water partition coefficient (Wildman–Crippen LogP) is -0.888. The molecule has 0 aromatic carbocycles. The molecule has 0 heterocycles. The van der Waals surface area contributed by atoms with Gasteiger partial charge in [0, 0.05) is 13.0 Å². The first-order valence-corrected chi connectivity index (χ1v) is 2.56. The van der Waals surface area contributed by atoms with Crippen molar-refractivity contribution in [3.8, 4) is 0 Å². The zero-order valence-electron chi connectivity index (χ0n) is 4.96. The second-order valence-electron chi connectivity index (χ2n) is 2.13. The minimum atomic E-state index is -1.10. The van der Waals surface area contributed by atoms with Gasteiger partial charge in [0.1, 0.15) is 0 Å². The molecule has 0 aliphatic carbocycles. The van der Waals surface area contributed by atoms with Gasteiger partial charge in [-0.2, -0.15) is 0 Å². The van der Waals surface area contributed by atoms with Crippen molar-refractivity contribution < 1.29 is 15.3 Å². The molecule has 0 amide bonds. The Hall–Kier alpha value is -0.120. The third kappa shape index (κ3) is 2.96. The van der Waals surface area contributed by atoms with Gasteiger partial charge in [-0.25, -0.2) is 0 Å². The van der Waals surface area contributed by atoms with Crippen LogP contribution in [-0.4, -0.2) is 34.1 Å². The van der Waals surface area contributed by atoms with Gasteiger partial charge in [0.15, 0.2) is 0 Å². The minimum Gasteiger partial charge on any atom is -0.396 e. The number of aliphatic hydroxyl groups excluding tert-OH is 2. The fourth-order valence-corrected chi connectivity index (χ4v) is 0.320. The molecule has 8 heavy (non-hydrogen) atoms. The van der Waals surface area contributed by atoms with Crippen LogP contribution in [0.1, 0.15) is 13.3 Å². The van der Waals surface area contributed by atoms with Crippen LogP contribution in [0, 0.1) is 0 Å². The Labute approximate surface area is 48.6 Å². The molecule has 0 unspecified atom stereocenters. The van der Waals surface area contributed by atoms with Crippen LogP contribution in [0.25, 0.3) is 0 Å². The summed E-state index contributed by atoms with van der Waals surface area (Å²) in [6.45, 7) is 1.09. The van der Waals surface area contributed by atoms with E-state index in [9.17, 15) is 0 Å². The van der Waals surface area contributed by atoms with Crippen molar-refractivity contribution in [2.24, 2.45) is 0 Å². The summed E-state index contributed by atoms with van der Waals surface area (Å²) in [6.07, 6.45) is 0.226. The van der Waals surface area contributed by atoms with Crippen LogP contribution in [0.4, 0.5) is 0 Å². The first kappa shape index (κ1) is 7.88. The fraction of sp³-hybridized carbons (Fsp3) is 1.00. The van der Waals surface area contributed by atoms with E-state index in [-0.39, 0.29) is 19.6 Å². The molecule has 0 aromatic heterocycles. The van der Waals surface area contributed by atoms with E-state index < -0.39 is 5.60 Å². The molecule has 0 saturated carbocycles. The Bertz CT molecular complexity index is 60.7. The SMILES string of the molecule is C[C@@](O)(CO)CCO. The van der Waals surface area contributed by atoms with Gasteiger partial charge in [-0.3, -0.25) is 0 Å². The maximum absolute atomic E-state index is 8.91. The highest BCUT2D eigenvalue weighted by molar-refractivity contribution is 4.68. The van der Waals surface area contributed by atoms with Gasteiger partial charge in [-0.1, -0.05) is 0 Å². The summed E-state index contributed by atoms with van der Waals surface area (Å²) in [5, 5.41) is 25.5. The van der Waals surface area contributed by atoms with Gasteiger partial charge in [-0.15, -0.1) is 0 Å². The fourth-order valence-electron chi connectivity index (χ4n) is 0.320. The van der Waals surface area contributed by atoms with Crippen LogP contribution in [0.15, 0.2) is 0 Å². The van der Waals surface area contributed by atoms with Gasteiger partial charge in [0.05, 0.1) is 12.2 Å². The summed E-state index contributed by atoms with van der Waals surface area (Å²) < 4.78 is 0. The van der Waals surface area contributed by atoms with E-state index >= 15 is 0 Å². The lowest BCUT2D eigenvalue weighted by molar-refractivity contribution is -0.0162. The highest BCUT2D eigenvalue weighted by atomic mass is 16.3. The number of hydrogen-bond donors (Lipinski definition) is 3. The van der Waals surface area contributed by atoms with Crippen molar-refractivity contribution >= 4 is 0 Å². The molecule has 1 atom stereocenters. The Morgan fingerprint density at radius 2 is 1.88 bits per heavy atom. The molecular weight excluding hydrogens is 108 g/mol. The Balaban J connectivity index is 3.37. The Morgan fingerprint density at radius 1 is 1.38 bits per heavy atom. The second kappa shape index (κ2) is 3.02. The normalized spacial score (nSPS) is 18.0. The molecule has 0 rings (SSSR count). The number of aliphatic hydroxyl groups is 3. The predicted molar refractivity (Wildman–Crippen MR) is 29.4 cm³/mol. The Morgan fingerprint density at radius 3 is 2.00 bits per heavy atom. The maximum atomic E-state index is 8.91. The maximum Gasteiger partial charge on any atom is 0.0871 e. The molecule has 0 aliphatic heterocycles. The lowest BCUT2D eigenvalue weighted by Crippen LogP contribution is -2.29. The summed E-state index contributed by atoms with van der Waals surface area (Å²) in [4.78, 5) is 0. The zero-order valence-corrected chi connectivity index (χ0v) is 4.96. The summed E-state index contributed by atoms with van der Waals surface area (Å²) in [7, 11) is 0. The highest BCUT2D eigenvalue weighted by Gasteiger charge is 2.16. The monoisotopic (exact) mass is 120 g/mol. The molecular formula is C5H12O3. The molecule has 50 valence electrons. The van der Waals surface area contributed by atoms with E-state index in [1.807, 2.05) is 0 Å². The first-order valence-electron chi connectivity index (χ1n) is 2.56. The smallest absolute Gasteiger partial charge is 0.0871 e. The molecule has 0 spiro atoms. The number of rotatable bonds is 3. The zero-order chi connectivity index (χ0) is 6.62. The number of hydrogen-bond acceptors (Lipinski definition) is 3.